The normalized spacial score (nSPS) is 28.2. The van der Waals surface area contributed by atoms with E-state index in [0.717, 1.165) is 6.54 Å². The quantitative estimate of drug-likeness (QED) is 0.868. The minimum atomic E-state index is 0.298. The molecule has 2 unspecified atom stereocenters. The van der Waals surface area contributed by atoms with Gasteiger partial charge in [0.2, 0.25) is 0 Å². The molecule has 1 aromatic rings. The summed E-state index contributed by atoms with van der Waals surface area (Å²) in [5, 5.41) is 8.16. The van der Waals surface area contributed by atoms with Gasteiger partial charge < -0.3 is 5.32 Å². The van der Waals surface area contributed by atoms with Crippen LogP contribution in [0.2, 0.25) is 0 Å². The Hall–Kier alpha value is -0.830. The lowest BCUT2D eigenvalue weighted by molar-refractivity contribution is 0.392. The smallest absolute Gasteiger partial charge is 0.0492 e. The molecule has 1 saturated carbocycles. The SMILES string of the molecule is CCCNC1CCC(C)(c2ccnn2C(C)C)C1. The van der Waals surface area contributed by atoms with Crippen LogP contribution in [0.5, 0.6) is 0 Å². The molecule has 1 N–H and O–H groups in total. The zero-order valence-corrected chi connectivity index (χ0v) is 12.2. The number of hydrogen-bond acceptors (Lipinski definition) is 2. The summed E-state index contributed by atoms with van der Waals surface area (Å²) in [6.07, 6.45) is 6.97. The molecular weight excluding hydrogens is 222 g/mol. The second-order valence-corrected chi connectivity index (χ2v) is 6.21. The first-order valence-corrected chi connectivity index (χ1v) is 7.34. The van der Waals surface area contributed by atoms with Crippen molar-refractivity contribution in [1.82, 2.24) is 15.1 Å². The van der Waals surface area contributed by atoms with E-state index in [9.17, 15) is 0 Å². The lowest BCUT2D eigenvalue weighted by atomic mass is 9.84. The molecule has 0 spiro atoms. The Morgan fingerprint density at radius 2 is 2.33 bits per heavy atom. The minimum Gasteiger partial charge on any atom is -0.314 e. The molecule has 18 heavy (non-hydrogen) atoms. The van der Waals surface area contributed by atoms with E-state index in [1.165, 1.54) is 31.4 Å². The Bertz CT molecular complexity index is 383. The summed E-state index contributed by atoms with van der Waals surface area (Å²) >= 11 is 0. The maximum atomic E-state index is 4.49. The fourth-order valence-corrected chi connectivity index (χ4v) is 3.20. The summed E-state index contributed by atoms with van der Waals surface area (Å²) in [6.45, 7) is 10.2. The lowest BCUT2D eigenvalue weighted by Crippen LogP contribution is -2.30. The topological polar surface area (TPSA) is 29.9 Å². The molecule has 2 rings (SSSR count). The number of aromatic nitrogens is 2. The van der Waals surface area contributed by atoms with Crippen molar-refractivity contribution in [2.75, 3.05) is 6.54 Å². The highest BCUT2D eigenvalue weighted by Gasteiger charge is 2.38. The summed E-state index contributed by atoms with van der Waals surface area (Å²) in [6, 6.07) is 3.35. The average molecular weight is 249 g/mol. The molecule has 1 aliphatic rings. The Morgan fingerprint density at radius 1 is 1.56 bits per heavy atom. The zero-order chi connectivity index (χ0) is 13.2. The van der Waals surface area contributed by atoms with Gasteiger partial charge in [0.15, 0.2) is 0 Å². The van der Waals surface area contributed by atoms with Crippen molar-refractivity contribution in [2.24, 2.45) is 0 Å². The first kappa shape index (κ1) is 13.6. The van der Waals surface area contributed by atoms with Crippen LogP contribution in [0.15, 0.2) is 12.3 Å². The van der Waals surface area contributed by atoms with Gasteiger partial charge in [-0.05, 0) is 52.1 Å². The molecule has 3 heteroatoms. The molecule has 2 atom stereocenters. The first-order chi connectivity index (χ1) is 8.57. The van der Waals surface area contributed by atoms with Crippen LogP contribution >= 0.6 is 0 Å². The molecule has 0 aliphatic heterocycles. The number of hydrogen-bond donors (Lipinski definition) is 1. The highest BCUT2D eigenvalue weighted by atomic mass is 15.3. The second-order valence-electron chi connectivity index (χ2n) is 6.21. The van der Waals surface area contributed by atoms with Crippen LogP contribution in [0, 0.1) is 0 Å². The van der Waals surface area contributed by atoms with E-state index < -0.39 is 0 Å². The van der Waals surface area contributed by atoms with E-state index in [1.807, 2.05) is 6.20 Å². The Balaban J connectivity index is 2.10. The number of nitrogens with one attached hydrogen (secondary N) is 1. The third-order valence-electron chi connectivity index (χ3n) is 4.20. The molecule has 1 heterocycles. The molecule has 1 aliphatic carbocycles. The van der Waals surface area contributed by atoms with Gasteiger partial charge in [-0.1, -0.05) is 13.8 Å². The summed E-state index contributed by atoms with van der Waals surface area (Å²) < 4.78 is 2.20. The molecule has 102 valence electrons. The van der Waals surface area contributed by atoms with E-state index in [4.69, 9.17) is 0 Å². The molecule has 0 saturated heterocycles. The molecule has 0 radical (unpaired) electrons. The molecule has 0 bridgehead atoms. The summed E-state index contributed by atoms with van der Waals surface area (Å²) in [5.74, 6) is 0. The number of nitrogens with zero attached hydrogens (tertiary/aromatic N) is 2. The fraction of sp³-hybridized carbons (Fsp3) is 0.800. The predicted molar refractivity (Wildman–Crippen MR) is 75.9 cm³/mol. The average Bonchev–Trinajstić information content (AvgIpc) is 2.93. The molecule has 1 aromatic heterocycles. The molecular formula is C15H27N3. The second kappa shape index (κ2) is 5.43. The van der Waals surface area contributed by atoms with Crippen LogP contribution in [0.3, 0.4) is 0 Å². The van der Waals surface area contributed by atoms with Crippen molar-refractivity contribution in [2.45, 2.75) is 70.9 Å². The van der Waals surface area contributed by atoms with Crippen LogP contribution in [-0.2, 0) is 5.41 Å². The third-order valence-corrected chi connectivity index (χ3v) is 4.20. The van der Waals surface area contributed by atoms with E-state index in [-0.39, 0.29) is 0 Å². The monoisotopic (exact) mass is 249 g/mol. The van der Waals surface area contributed by atoms with Gasteiger partial charge in [-0.3, -0.25) is 4.68 Å². The van der Waals surface area contributed by atoms with Gasteiger partial charge >= 0.3 is 0 Å². The van der Waals surface area contributed by atoms with Crippen molar-refractivity contribution in [3.63, 3.8) is 0 Å². The largest absolute Gasteiger partial charge is 0.314 e. The Labute approximate surface area is 111 Å². The van der Waals surface area contributed by atoms with Crippen molar-refractivity contribution in [1.29, 1.82) is 0 Å². The third kappa shape index (κ3) is 2.61. The predicted octanol–water partition coefficient (Wildman–Crippen LogP) is 3.27. The maximum absolute atomic E-state index is 4.49. The Kier molecular flexibility index (Phi) is 4.10. The van der Waals surface area contributed by atoms with Crippen molar-refractivity contribution >= 4 is 0 Å². The fourth-order valence-electron chi connectivity index (χ4n) is 3.20. The summed E-state index contributed by atoms with van der Waals surface area (Å²) in [7, 11) is 0. The summed E-state index contributed by atoms with van der Waals surface area (Å²) in [4.78, 5) is 0. The first-order valence-electron chi connectivity index (χ1n) is 7.34. The van der Waals surface area contributed by atoms with Gasteiger partial charge in [-0.15, -0.1) is 0 Å². The van der Waals surface area contributed by atoms with Gasteiger partial charge in [0.05, 0.1) is 0 Å². The molecule has 0 amide bonds. The molecule has 3 nitrogen and oxygen atoms in total. The minimum absolute atomic E-state index is 0.298. The van der Waals surface area contributed by atoms with Crippen molar-refractivity contribution < 1.29 is 0 Å². The zero-order valence-electron chi connectivity index (χ0n) is 12.2. The highest BCUT2D eigenvalue weighted by molar-refractivity contribution is 5.19. The molecule has 1 fully saturated rings. The highest BCUT2D eigenvalue weighted by Crippen LogP contribution is 2.41. The molecule has 0 aromatic carbocycles. The maximum Gasteiger partial charge on any atom is 0.0492 e. The lowest BCUT2D eigenvalue weighted by Gasteiger charge is -2.27. The van der Waals surface area contributed by atoms with E-state index in [2.05, 4.69) is 48.9 Å². The number of rotatable bonds is 5. The van der Waals surface area contributed by atoms with Crippen LogP contribution in [0.25, 0.3) is 0 Å². The van der Waals surface area contributed by atoms with E-state index in [0.29, 0.717) is 17.5 Å². The summed E-state index contributed by atoms with van der Waals surface area (Å²) in [5.41, 5.74) is 1.71. The van der Waals surface area contributed by atoms with Crippen LogP contribution in [0.4, 0.5) is 0 Å². The van der Waals surface area contributed by atoms with Crippen molar-refractivity contribution in [3.8, 4) is 0 Å². The van der Waals surface area contributed by atoms with Gasteiger partial charge in [0.1, 0.15) is 0 Å². The van der Waals surface area contributed by atoms with Gasteiger partial charge in [0, 0.05) is 29.4 Å². The van der Waals surface area contributed by atoms with Crippen molar-refractivity contribution in [3.05, 3.63) is 18.0 Å². The Morgan fingerprint density at radius 3 is 3.00 bits per heavy atom. The standard InChI is InChI=1S/C15H27N3/c1-5-9-16-13-6-8-15(4,11-13)14-7-10-17-18(14)12(2)3/h7,10,12-13,16H,5-6,8-9,11H2,1-4H3. The van der Waals surface area contributed by atoms with Gasteiger partial charge in [-0.2, -0.15) is 5.10 Å². The van der Waals surface area contributed by atoms with E-state index >= 15 is 0 Å². The van der Waals surface area contributed by atoms with Crippen LogP contribution < -0.4 is 5.32 Å². The van der Waals surface area contributed by atoms with Gasteiger partial charge in [0.25, 0.3) is 0 Å². The van der Waals surface area contributed by atoms with Crippen LogP contribution in [0.1, 0.15) is 65.1 Å². The van der Waals surface area contributed by atoms with Gasteiger partial charge in [-0.25, -0.2) is 0 Å². The van der Waals surface area contributed by atoms with Crippen LogP contribution in [-0.4, -0.2) is 22.4 Å². The van der Waals surface area contributed by atoms with E-state index in [1.54, 1.807) is 0 Å².